The molecule has 7 nitrogen and oxygen atoms in total. The van der Waals surface area contributed by atoms with Gasteiger partial charge in [0.25, 0.3) is 0 Å². The van der Waals surface area contributed by atoms with E-state index in [2.05, 4.69) is 0 Å². The van der Waals surface area contributed by atoms with Gasteiger partial charge in [-0.3, -0.25) is 0 Å². The summed E-state index contributed by atoms with van der Waals surface area (Å²) in [5.74, 6) is 0.560. The fourth-order valence-corrected chi connectivity index (χ4v) is 3.58. The number of hydrogen-bond donors (Lipinski definition) is 3. The lowest BCUT2D eigenvalue weighted by Gasteiger charge is -2.24. The van der Waals surface area contributed by atoms with Gasteiger partial charge in [0, 0.05) is 18.7 Å². The zero-order chi connectivity index (χ0) is 18.0. The zero-order valence-corrected chi connectivity index (χ0v) is 14.3. The minimum atomic E-state index is -4.14. The second-order valence-electron chi connectivity index (χ2n) is 5.90. The largest absolute Gasteiger partial charge is 0.454 e. The molecule has 0 unspecified atom stereocenters. The number of nitrogens with two attached hydrogens (primary N) is 1. The second-order valence-corrected chi connectivity index (χ2v) is 7.43. The van der Waals surface area contributed by atoms with Crippen LogP contribution in [-0.2, 0) is 10.0 Å². The molecule has 0 aliphatic carbocycles. The maximum Gasteiger partial charge on any atom is 0.241 e. The van der Waals surface area contributed by atoms with Gasteiger partial charge in [-0.1, -0.05) is 18.2 Å². The van der Waals surface area contributed by atoms with E-state index in [1.165, 1.54) is 6.07 Å². The molecule has 1 fully saturated rings. The molecule has 2 aromatic rings. The van der Waals surface area contributed by atoms with Crippen molar-refractivity contribution in [3.05, 3.63) is 48.0 Å². The summed E-state index contributed by atoms with van der Waals surface area (Å²) in [6.45, 7) is 1.44. The van der Waals surface area contributed by atoms with E-state index < -0.39 is 16.3 Å². The molecule has 134 valence electrons. The fourth-order valence-electron chi connectivity index (χ4n) is 2.87. The van der Waals surface area contributed by atoms with Gasteiger partial charge in [0.05, 0.1) is 5.69 Å². The lowest BCUT2D eigenvalue weighted by atomic mass is 10.1. The first-order chi connectivity index (χ1) is 11.9. The number of para-hydroxylation sites is 1. The highest BCUT2D eigenvalue weighted by molar-refractivity contribution is 7.89. The standard InChI is InChI=1S/C17H20N2O5S/c18-25(22,23)15-11-12(17(20)21)10-14(19-8-4-5-9-19)16(15)24-13-6-2-1-3-7-13/h1-3,6-7,10-11,17,20-21H,4-5,8-9H2,(H2,18,22,23). The summed E-state index contributed by atoms with van der Waals surface area (Å²) in [4.78, 5) is 1.68. The minimum absolute atomic E-state index is 0.0475. The first-order valence-corrected chi connectivity index (χ1v) is 9.45. The summed E-state index contributed by atoms with van der Waals surface area (Å²) in [5.41, 5.74) is 0.530. The number of hydrogen-bond acceptors (Lipinski definition) is 6. The van der Waals surface area contributed by atoms with Crippen molar-refractivity contribution in [2.45, 2.75) is 24.0 Å². The Morgan fingerprint density at radius 1 is 1.08 bits per heavy atom. The summed E-state index contributed by atoms with van der Waals surface area (Å²) in [6, 6.07) is 11.4. The van der Waals surface area contributed by atoms with Gasteiger partial charge >= 0.3 is 0 Å². The predicted molar refractivity (Wildman–Crippen MR) is 93.0 cm³/mol. The SMILES string of the molecule is NS(=O)(=O)c1cc(C(O)O)cc(N2CCCC2)c1Oc1ccccc1. The molecule has 0 atom stereocenters. The number of ether oxygens (including phenoxy) is 1. The van der Waals surface area contributed by atoms with Crippen molar-refractivity contribution in [2.75, 3.05) is 18.0 Å². The number of aliphatic hydroxyl groups is 2. The first kappa shape index (κ1) is 17.7. The smallest absolute Gasteiger partial charge is 0.241 e. The summed E-state index contributed by atoms with van der Waals surface area (Å²) in [5, 5.41) is 24.4. The summed E-state index contributed by atoms with van der Waals surface area (Å²) >= 11 is 0. The number of aliphatic hydroxyl groups excluding tert-OH is 1. The lowest BCUT2D eigenvalue weighted by molar-refractivity contribution is -0.0426. The summed E-state index contributed by atoms with van der Waals surface area (Å²) < 4.78 is 30.1. The van der Waals surface area contributed by atoms with Crippen molar-refractivity contribution in [1.82, 2.24) is 0 Å². The summed E-state index contributed by atoms with van der Waals surface area (Å²) in [7, 11) is -4.14. The molecular formula is C17H20N2O5S. The van der Waals surface area contributed by atoms with Crippen LogP contribution in [0, 0.1) is 0 Å². The quantitative estimate of drug-likeness (QED) is 0.696. The molecule has 0 saturated carbocycles. The Hall–Kier alpha value is -2.13. The molecule has 0 bridgehead atoms. The number of benzene rings is 2. The maximum atomic E-state index is 12.1. The number of anilines is 1. The molecular weight excluding hydrogens is 344 g/mol. The van der Waals surface area contributed by atoms with E-state index in [9.17, 15) is 18.6 Å². The third-order valence-electron chi connectivity index (χ3n) is 4.07. The van der Waals surface area contributed by atoms with Gasteiger partial charge in [0.15, 0.2) is 12.0 Å². The van der Waals surface area contributed by atoms with E-state index in [-0.39, 0.29) is 16.2 Å². The topological polar surface area (TPSA) is 113 Å². The molecule has 25 heavy (non-hydrogen) atoms. The first-order valence-electron chi connectivity index (χ1n) is 7.91. The second kappa shape index (κ2) is 7.01. The van der Waals surface area contributed by atoms with Crippen LogP contribution >= 0.6 is 0 Å². The molecule has 1 aliphatic heterocycles. The van der Waals surface area contributed by atoms with Crippen LogP contribution in [0.3, 0.4) is 0 Å². The molecule has 2 aromatic carbocycles. The molecule has 0 spiro atoms. The van der Waals surface area contributed by atoms with Gasteiger partial charge in [-0.2, -0.15) is 0 Å². The van der Waals surface area contributed by atoms with Crippen LogP contribution in [0.25, 0.3) is 0 Å². The number of primary sulfonamides is 1. The van der Waals surface area contributed by atoms with E-state index in [4.69, 9.17) is 9.88 Å². The van der Waals surface area contributed by atoms with Crippen LogP contribution in [-0.4, -0.2) is 31.7 Å². The van der Waals surface area contributed by atoms with Gasteiger partial charge in [-0.25, -0.2) is 13.6 Å². The minimum Gasteiger partial charge on any atom is -0.454 e. The monoisotopic (exact) mass is 364 g/mol. The molecule has 1 aliphatic rings. The summed E-state index contributed by atoms with van der Waals surface area (Å²) in [6.07, 6.45) is 0.107. The molecule has 1 heterocycles. The van der Waals surface area contributed by atoms with E-state index >= 15 is 0 Å². The Bertz CT molecular complexity index is 847. The van der Waals surface area contributed by atoms with Crippen LogP contribution in [0.15, 0.2) is 47.4 Å². The van der Waals surface area contributed by atoms with Crippen LogP contribution in [0.4, 0.5) is 5.69 Å². The third kappa shape index (κ3) is 3.93. The highest BCUT2D eigenvalue weighted by atomic mass is 32.2. The molecule has 3 rings (SSSR count). The van der Waals surface area contributed by atoms with Crippen molar-refractivity contribution in [3.8, 4) is 11.5 Å². The van der Waals surface area contributed by atoms with Crippen LogP contribution in [0.5, 0.6) is 11.5 Å². The van der Waals surface area contributed by atoms with E-state index in [1.54, 1.807) is 24.3 Å². The van der Waals surface area contributed by atoms with E-state index in [0.29, 0.717) is 11.4 Å². The van der Waals surface area contributed by atoms with Gasteiger partial charge in [-0.05, 0) is 37.1 Å². The average Bonchev–Trinajstić information content (AvgIpc) is 3.09. The molecule has 4 N–H and O–H groups in total. The van der Waals surface area contributed by atoms with Crippen LogP contribution in [0.1, 0.15) is 24.7 Å². The lowest BCUT2D eigenvalue weighted by Crippen LogP contribution is -2.21. The Balaban J connectivity index is 2.20. The molecule has 1 saturated heterocycles. The fraction of sp³-hybridized carbons (Fsp3) is 0.294. The zero-order valence-electron chi connectivity index (χ0n) is 13.5. The van der Waals surface area contributed by atoms with Crippen LogP contribution in [0.2, 0.25) is 0 Å². The van der Waals surface area contributed by atoms with Crippen LogP contribution < -0.4 is 14.8 Å². The Morgan fingerprint density at radius 3 is 2.28 bits per heavy atom. The highest BCUT2D eigenvalue weighted by Gasteiger charge is 2.27. The van der Waals surface area contributed by atoms with Crippen molar-refractivity contribution >= 4 is 15.7 Å². The molecule has 8 heteroatoms. The Morgan fingerprint density at radius 2 is 1.72 bits per heavy atom. The van der Waals surface area contributed by atoms with Crippen molar-refractivity contribution < 1.29 is 23.4 Å². The van der Waals surface area contributed by atoms with E-state index in [1.807, 2.05) is 11.0 Å². The molecule has 0 radical (unpaired) electrons. The number of rotatable bonds is 5. The predicted octanol–water partition coefficient (Wildman–Crippen LogP) is 1.71. The Kier molecular flexibility index (Phi) is 4.96. The number of nitrogens with zero attached hydrogens (tertiary/aromatic N) is 1. The molecule has 0 amide bonds. The van der Waals surface area contributed by atoms with Gasteiger partial charge < -0.3 is 19.8 Å². The van der Waals surface area contributed by atoms with E-state index in [0.717, 1.165) is 32.0 Å². The van der Waals surface area contributed by atoms with Gasteiger partial charge in [0.1, 0.15) is 10.6 Å². The van der Waals surface area contributed by atoms with Gasteiger partial charge in [-0.15, -0.1) is 0 Å². The highest BCUT2D eigenvalue weighted by Crippen LogP contribution is 2.41. The van der Waals surface area contributed by atoms with Crippen molar-refractivity contribution in [1.29, 1.82) is 0 Å². The normalized spacial score (nSPS) is 15.0. The molecule has 0 aromatic heterocycles. The van der Waals surface area contributed by atoms with Crippen molar-refractivity contribution in [3.63, 3.8) is 0 Å². The average molecular weight is 364 g/mol. The maximum absolute atomic E-state index is 12.1. The van der Waals surface area contributed by atoms with Gasteiger partial charge in [0.2, 0.25) is 10.0 Å². The number of sulfonamides is 1. The Labute approximate surface area is 146 Å². The third-order valence-corrected chi connectivity index (χ3v) is 4.99. The van der Waals surface area contributed by atoms with Crippen molar-refractivity contribution in [2.24, 2.45) is 5.14 Å².